The molecule has 0 aliphatic carbocycles. The number of hydrogen-bond donors (Lipinski definition) is 2. The summed E-state index contributed by atoms with van der Waals surface area (Å²) in [6.07, 6.45) is 0. The molecule has 0 fully saturated rings. The number of anilines is 1. The molecule has 0 aliphatic rings. The number of carbonyl (C=O) groups excluding carboxylic acids is 1. The third-order valence-electron chi connectivity index (χ3n) is 3.98. The van der Waals surface area contributed by atoms with Gasteiger partial charge in [0.15, 0.2) is 6.61 Å². The van der Waals surface area contributed by atoms with Crippen LogP contribution in [0.4, 0.5) is 5.69 Å². The molecule has 0 atom stereocenters. The lowest BCUT2D eigenvalue weighted by molar-refractivity contribution is -0.132. The van der Waals surface area contributed by atoms with Crippen molar-refractivity contribution in [3.05, 3.63) is 34.6 Å². The zero-order chi connectivity index (χ0) is 20.2. The van der Waals surface area contributed by atoms with Crippen LogP contribution in [0.5, 0.6) is 5.75 Å². The molecule has 2 N–H and O–H groups in total. The fourth-order valence-electron chi connectivity index (χ4n) is 2.63. The number of nitrogens with zero attached hydrogens (tertiary/aromatic N) is 2. The average molecular weight is 415 g/mol. The fraction of sp³-hybridized carbons (Fsp3) is 0.412. The number of carbonyl (C=O) groups is 1. The largest absolute Gasteiger partial charge is 0.482 e. The Hall–Kier alpha value is -2.26. The monoisotopic (exact) mass is 414 g/mol. The van der Waals surface area contributed by atoms with E-state index in [0.29, 0.717) is 30.2 Å². The van der Waals surface area contributed by atoms with Gasteiger partial charge >= 0.3 is 0 Å². The SMILES string of the molecule is CCN(CC)C(=O)COc1ccc(NS(=O)(=O)c2c(C)n[nH]c2C)cc1Cl. The molecule has 1 aromatic carbocycles. The molecule has 0 unspecified atom stereocenters. The summed E-state index contributed by atoms with van der Waals surface area (Å²) >= 11 is 6.17. The van der Waals surface area contributed by atoms with Crippen molar-refractivity contribution in [2.45, 2.75) is 32.6 Å². The normalized spacial score (nSPS) is 11.3. The smallest absolute Gasteiger partial charge is 0.265 e. The summed E-state index contributed by atoms with van der Waals surface area (Å²) in [5.74, 6) is 0.155. The van der Waals surface area contributed by atoms with Gasteiger partial charge in [0.1, 0.15) is 10.6 Å². The predicted molar refractivity (Wildman–Crippen MR) is 104 cm³/mol. The van der Waals surface area contributed by atoms with Gasteiger partial charge < -0.3 is 9.64 Å². The summed E-state index contributed by atoms with van der Waals surface area (Å²) in [4.78, 5) is 13.7. The number of benzene rings is 1. The van der Waals surface area contributed by atoms with Crippen LogP contribution in [0.2, 0.25) is 5.02 Å². The molecule has 0 radical (unpaired) electrons. The van der Waals surface area contributed by atoms with E-state index in [-0.39, 0.29) is 28.1 Å². The zero-order valence-corrected chi connectivity index (χ0v) is 17.2. The van der Waals surface area contributed by atoms with Crippen molar-refractivity contribution in [1.29, 1.82) is 0 Å². The highest BCUT2D eigenvalue weighted by molar-refractivity contribution is 7.92. The summed E-state index contributed by atoms with van der Waals surface area (Å²) in [6.45, 7) is 8.07. The topological polar surface area (TPSA) is 104 Å². The third kappa shape index (κ3) is 4.92. The Morgan fingerprint density at radius 3 is 2.48 bits per heavy atom. The molecule has 27 heavy (non-hydrogen) atoms. The van der Waals surface area contributed by atoms with E-state index in [1.54, 1.807) is 18.7 Å². The number of halogens is 1. The average Bonchev–Trinajstić information content (AvgIpc) is 2.94. The Morgan fingerprint density at radius 2 is 1.96 bits per heavy atom. The Balaban J connectivity index is 2.12. The number of H-pyrrole nitrogens is 1. The molecule has 148 valence electrons. The van der Waals surface area contributed by atoms with Crippen molar-refractivity contribution in [3.63, 3.8) is 0 Å². The molecule has 0 aliphatic heterocycles. The van der Waals surface area contributed by atoms with Crippen molar-refractivity contribution in [3.8, 4) is 5.75 Å². The molecule has 1 amide bonds. The molecule has 0 saturated heterocycles. The minimum atomic E-state index is -3.81. The molecule has 1 aromatic heterocycles. The van der Waals surface area contributed by atoms with Gasteiger partial charge in [-0.05, 0) is 45.9 Å². The van der Waals surface area contributed by atoms with Crippen LogP contribution in [0.15, 0.2) is 23.1 Å². The van der Waals surface area contributed by atoms with Gasteiger partial charge in [-0.3, -0.25) is 14.6 Å². The summed E-state index contributed by atoms with van der Waals surface area (Å²) in [5, 5.41) is 6.74. The van der Waals surface area contributed by atoms with E-state index in [4.69, 9.17) is 16.3 Å². The van der Waals surface area contributed by atoms with Crippen LogP contribution in [0.3, 0.4) is 0 Å². The zero-order valence-electron chi connectivity index (χ0n) is 15.7. The Morgan fingerprint density at radius 1 is 1.30 bits per heavy atom. The molecule has 2 rings (SSSR count). The van der Waals surface area contributed by atoms with Crippen LogP contribution in [-0.4, -0.2) is 49.1 Å². The van der Waals surface area contributed by atoms with Gasteiger partial charge in [-0.2, -0.15) is 5.10 Å². The van der Waals surface area contributed by atoms with Crippen LogP contribution in [-0.2, 0) is 14.8 Å². The van der Waals surface area contributed by atoms with Gasteiger partial charge in [-0.25, -0.2) is 8.42 Å². The van der Waals surface area contributed by atoms with Gasteiger partial charge in [0, 0.05) is 13.1 Å². The molecule has 0 saturated carbocycles. The number of likely N-dealkylation sites (N-methyl/N-ethyl adjacent to an activating group) is 1. The van der Waals surface area contributed by atoms with E-state index < -0.39 is 10.0 Å². The van der Waals surface area contributed by atoms with E-state index in [1.807, 2.05) is 13.8 Å². The number of aromatic nitrogens is 2. The van der Waals surface area contributed by atoms with Crippen molar-refractivity contribution in [2.24, 2.45) is 0 Å². The Kier molecular flexibility index (Phi) is 6.72. The summed E-state index contributed by atoms with van der Waals surface area (Å²) in [7, 11) is -3.81. The second kappa shape index (κ2) is 8.62. The highest BCUT2D eigenvalue weighted by Gasteiger charge is 2.22. The molecule has 10 heteroatoms. The molecule has 1 heterocycles. The fourth-order valence-corrected chi connectivity index (χ4v) is 4.29. The Bertz CT molecular complexity index is 904. The molecule has 0 spiro atoms. The first-order valence-electron chi connectivity index (χ1n) is 8.44. The maximum absolute atomic E-state index is 12.6. The van der Waals surface area contributed by atoms with Gasteiger partial charge in [-0.15, -0.1) is 0 Å². The third-order valence-corrected chi connectivity index (χ3v) is 5.92. The van der Waals surface area contributed by atoms with Gasteiger partial charge in [0.25, 0.3) is 15.9 Å². The first-order valence-corrected chi connectivity index (χ1v) is 10.3. The minimum absolute atomic E-state index is 0.101. The number of aryl methyl sites for hydroxylation is 2. The summed E-state index contributed by atoms with van der Waals surface area (Å²) in [5.41, 5.74) is 1.10. The predicted octanol–water partition coefficient (Wildman–Crippen LogP) is 2.73. The number of hydrogen-bond acceptors (Lipinski definition) is 5. The lowest BCUT2D eigenvalue weighted by atomic mass is 10.3. The van der Waals surface area contributed by atoms with Crippen molar-refractivity contribution in [2.75, 3.05) is 24.4 Å². The standard InChI is InChI=1S/C17H23ClN4O4S/c1-5-22(6-2)16(23)10-26-15-8-7-13(9-14(15)18)21-27(24,25)17-11(3)19-20-12(17)4/h7-9,21H,5-6,10H2,1-4H3,(H,19,20). The molecule has 2 aromatic rings. The minimum Gasteiger partial charge on any atom is -0.482 e. The van der Waals surface area contributed by atoms with Gasteiger partial charge in [0.2, 0.25) is 0 Å². The number of ether oxygens (including phenoxy) is 1. The second-order valence-electron chi connectivity index (χ2n) is 5.87. The van der Waals surface area contributed by atoms with E-state index in [0.717, 1.165) is 0 Å². The van der Waals surface area contributed by atoms with Crippen molar-refractivity contribution in [1.82, 2.24) is 15.1 Å². The quantitative estimate of drug-likeness (QED) is 0.691. The van der Waals surface area contributed by atoms with E-state index in [9.17, 15) is 13.2 Å². The highest BCUT2D eigenvalue weighted by Crippen LogP contribution is 2.29. The first-order chi connectivity index (χ1) is 12.7. The summed E-state index contributed by atoms with van der Waals surface area (Å²) < 4.78 is 33.1. The van der Waals surface area contributed by atoms with Crippen molar-refractivity contribution < 1.29 is 17.9 Å². The van der Waals surface area contributed by atoms with Crippen molar-refractivity contribution >= 4 is 33.2 Å². The van der Waals surface area contributed by atoms with E-state index in [1.165, 1.54) is 18.2 Å². The number of rotatable bonds is 8. The summed E-state index contributed by atoms with van der Waals surface area (Å²) in [6, 6.07) is 4.47. The van der Waals surface area contributed by atoms with Crippen LogP contribution in [0, 0.1) is 13.8 Å². The first kappa shape index (κ1) is 21.0. The van der Waals surface area contributed by atoms with Crippen LogP contribution >= 0.6 is 11.6 Å². The van der Waals surface area contributed by atoms with Crippen LogP contribution < -0.4 is 9.46 Å². The number of sulfonamides is 1. The highest BCUT2D eigenvalue weighted by atomic mass is 35.5. The maximum Gasteiger partial charge on any atom is 0.265 e. The van der Waals surface area contributed by atoms with E-state index >= 15 is 0 Å². The molecule has 0 bridgehead atoms. The molecule has 8 nitrogen and oxygen atoms in total. The van der Waals surface area contributed by atoms with Gasteiger partial charge in [0.05, 0.1) is 22.1 Å². The molecular formula is C17H23ClN4O4S. The van der Waals surface area contributed by atoms with E-state index in [2.05, 4.69) is 14.9 Å². The number of amides is 1. The van der Waals surface area contributed by atoms with Crippen LogP contribution in [0.25, 0.3) is 0 Å². The lowest BCUT2D eigenvalue weighted by Gasteiger charge is -2.19. The Labute approximate surface area is 163 Å². The lowest BCUT2D eigenvalue weighted by Crippen LogP contribution is -2.34. The van der Waals surface area contributed by atoms with Crippen LogP contribution in [0.1, 0.15) is 25.2 Å². The number of aromatic amines is 1. The number of nitrogens with one attached hydrogen (secondary N) is 2. The van der Waals surface area contributed by atoms with Gasteiger partial charge in [-0.1, -0.05) is 11.6 Å². The maximum atomic E-state index is 12.6. The molecular weight excluding hydrogens is 392 g/mol. The second-order valence-corrected chi connectivity index (χ2v) is 7.89.